The van der Waals surface area contributed by atoms with Crippen molar-refractivity contribution in [3.05, 3.63) is 29.8 Å². The molecule has 1 spiro atoms. The highest BCUT2D eigenvalue weighted by atomic mass is 16.5. The monoisotopic (exact) mass is 232 g/mol. The van der Waals surface area contributed by atoms with Crippen LogP contribution in [-0.4, -0.2) is 44.1 Å². The molecule has 3 rings (SSSR count). The highest BCUT2D eigenvalue weighted by Crippen LogP contribution is 2.34. The van der Waals surface area contributed by atoms with Crippen LogP contribution in [0.3, 0.4) is 0 Å². The Kier molecular flexibility index (Phi) is 2.33. The molecule has 90 valence electrons. The summed E-state index contributed by atoms with van der Waals surface area (Å²) in [5.41, 5.74) is 1.13. The van der Waals surface area contributed by atoms with E-state index in [9.17, 15) is 4.79 Å². The fourth-order valence-corrected chi connectivity index (χ4v) is 2.53. The van der Waals surface area contributed by atoms with Gasteiger partial charge < -0.3 is 15.0 Å². The molecule has 0 saturated carbocycles. The van der Waals surface area contributed by atoms with E-state index in [4.69, 9.17) is 4.74 Å². The Morgan fingerprint density at radius 3 is 2.41 bits per heavy atom. The quantitative estimate of drug-likeness (QED) is 0.817. The van der Waals surface area contributed by atoms with E-state index >= 15 is 0 Å². The Hall–Kier alpha value is -1.55. The van der Waals surface area contributed by atoms with Gasteiger partial charge in [0.25, 0.3) is 5.91 Å². The molecule has 2 heterocycles. The number of likely N-dealkylation sites (tertiary alicyclic amines) is 1. The third-order valence-electron chi connectivity index (χ3n) is 3.68. The van der Waals surface area contributed by atoms with Gasteiger partial charge in [0, 0.05) is 37.2 Å². The number of hydrogen-bond acceptors (Lipinski definition) is 3. The third kappa shape index (κ3) is 1.69. The molecular weight excluding hydrogens is 216 g/mol. The number of carbonyl (C=O) groups excluding carboxylic acids is 1. The van der Waals surface area contributed by atoms with Gasteiger partial charge in [-0.25, -0.2) is 0 Å². The van der Waals surface area contributed by atoms with Gasteiger partial charge in [-0.3, -0.25) is 4.79 Å². The molecule has 1 aromatic rings. The zero-order valence-electron chi connectivity index (χ0n) is 9.90. The van der Waals surface area contributed by atoms with Crippen molar-refractivity contribution < 1.29 is 9.53 Å². The zero-order chi connectivity index (χ0) is 11.9. The molecule has 0 unspecified atom stereocenters. The van der Waals surface area contributed by atoms with Crippen LogP contribution in [0.2, 0.25) is 0 Å². The molecule has 2 aliphatic rings. The predicted molar refractivity (Wildman–Crippen MR) is 64.2 cm³/mol. The number of rotatable bonds is 2. The van der Waals surface area contributed by atoms with Gasteiger partial charge >= 0.3 is 0 Å². The van der Waals surface area contributed by atoms with Crippen LogP contribution in [0.25, 0.3) is 0 Å². The minimum absolute atomic E-state index is 0.130. The lowest BCUT2D eigenvalue weighted by Gasteiger charge is -2.56. The number of nitrogens with zero attached hydrogens (tertiary/aromatic N) is 1. The highest BCUT2D eigenvalue weighted by Gasteiger charge is 2.49. The Morgan fingerprint density at radius 2 is 1.94 bits per heavy atom. The van der Waals surface area contributed by atoms with Crippen LogP contribution in [-0.2, 0) is 0 Å². The van der Waals surface area contributed by atoms with Gasteiger partial charge in [-0.1, -0.05) is 0 Å². The molecule has 2 saturated heterocycles. The smallest absolute Gasteiger partial charge is 0.253 e. The van der Waals surface area contributed by atoms with E-state index in [2.05, 4.69) is 5.32 Å². The number of hydrogen-bond donors (Lipinski definition) is 1. The summed E-state index contributed by atoms with van der Waals surface area (Å²) in [6.07, 6.45) is 0. The number of nitrogens with one attached hydrogen (secondary N) is 1. The van der Waals surface area contributed by atoms with Crippen molar-refractivity contribution in [2.45, 2.75) is 0 Å². The number of carbonyl (C=O) groups is 1. The zero-order valence-corrected chi connectivity index (χ0v) is 9.90. The first-order valence-electron chi connectivity index (χ1n) is 5.87. The molecule has 0 bridgehead atoms. The Morgan fingerprint density at radius 1 is 1.29 bits per heavy atom. The Labute approximate surface area is 101 Å². The van der Waals surface area contributed by atoms with E-state index in [1.165, 1.54) is 0 Å². The van der Waals surface area contributed by atoms with Crippen molar-refractivity contribution in [2.75, 3.05) is 33.3 Å². The number of amides is 1. The standard InChI is InChI=1S/C13H16N2O2/c1-17-11-4-2-10(3-5-11)12(16)15-8-13(9-15)6-14-7-13/h2-5,14H,6-9H2,1H3. The maximum Gasteiger partial charge on any atom is 0.253 e. The summed E-state index contributed by atoms with van der Waals surface area (Å²) >= 11 is 0. The van der Waals surface area contributed by atoms with Gasteiger partial charge in [-0.05, 0) is 24.3 Å². The molecular formula is C13H16N2O2. The fraction of sp³-hybridized carbons (Fsp3) is 0.462. The predicted octanol–water partition coefficient (Wildman–Crippen LogP) is 0.741. The van der Waals surface area contributed by atoms with E-state index in [1.54, 1.807) is 7.11 Å². The normalized spacial score (nSPS) is 20.6. The van der Waals surface area contributed by atoms with Crippen molar-refractivity contribution in [2.24, 2.45) is 5.41 Å². The lowest BCUT2D eigenvalue weighted by Crippen LogP contribution is -2.71. The topological polar surface area (TPSA) is 41.6 Å². The first-order valence-corrected chi connectivity index (χ1v) is 5.87. The van der Waals surface area contributed by atoms with Crippen LogP contribution in [0.1, 0.15) is 10.4 Å². The van der Waals surface area contributed by atoms with Gasteiger partial charge in [-0.2, -0.15) is 0 Å². The van der Waals surface area contributed by atoms with Crippen LogP contribution in [0.15, 0.2) is 24.3 Å². The first-order chi connectivity index (χ1) is 8.22. The summed E-state index contributed by atoms with van der Waals surface area (Å²) in [5, 5.41) is 3.26. The van der Waals surface area contributed by atoms with E-state index in [0.29, 0.717) is 5.41 Å². The van der Waals surface area contributed by atoms with Gasteiger partial charge in [-0.15, -0.1) is 0 Å². The SMILES string of the molecule is COc1ccc(C(=O)N2CC3(CNC3)C2)cc1. The molecule has 2 fully saturated rings. The summed E-state index contributed by atoms with van der Waals surface area (Å²) in [6.45, 7) is 3.90. The van der Waals surface area contributed by atoms with Crippen LogP contribution in [0.4, 0.5) is 0 Å². The average Bonchev–Trinajstić information content (AvgIpc) is 2.25. The van der Waals surface area contributed by atoms with Crippen molar-refractivity contribution in [1.82, 2.24) is 10.2 Å². The third-order valence-corrected chi connectivity index (χ3v) is 3.68. The van der Waals surface area contributed by atoms with Crippen molar-refractivity contribution in [1.29, 1.82) is 0 Å². The van der Waals surface area contributed by atoms with E-state index in [-0.39, 0.29) is 5.91 Å². The molecule has 1 amide bonds. The molecule has 0 radical (unpaired) electrons. The summed E-state index contributed by atoms with van der Waals surface area (Å²) in [5.74, 6) is 0.912. The van der Waals surface area contributed by atoms with Crippen molar-refractivity contribution >= 4 is 5.91 Å². The van der Waals surface area contributed by atoms with E-state index < -0.39 is 0 Å². The van der Waals surface area contributed by atoms with Gasteiger partial charge in [0.05, 0.1) is 7.11 Å². The van der Waals surface area contributed by atoms with Crippen molar-refractivity contribution in [3.8, 4) is 5.75 Å². The lowest BCUT2D eigenvalue weighted by atomic mass is 9.74. The Bertz CT molecular complexity index is 429. The molecule has 1 N–H and O–H groups in total. The van der Waals surface area contributed by atoms with Gasteiger partial charge in [0.2, 0.25) is 0 Å². The van der Waals surface area contributed by atoms with Crippen LogP contribution < -0.4 is 10.1 Å². The molecule has 4 nitrogen and oxygen atoms in total. The van der Waals surface area contributed by atoms with Gasteiger partial charge in [0.15, 0.2) is 0 Å². The van der Waals surface area contributed by atoms with Gasteiger partial charge in [0.1, 0.15) is 5.75 Å². The molecule has 0 aliphatic carbocycles. The first kappa shape index (κ1) is 10.6. The second kappa shape index (κ2) is 3.74. The van der Waals surface area contributed by atoms with E-state index in [1.807, 2.05) is 29.2 Å². The average molecular weight is 232 g/mol. The highest BCUT2D eigenvalue weighted by molar-refractivity contribution is 5.95. The lowest BCUT2D eigenvalue weighted by molar-refractivity contribution is -0.0248. The molecule has 17 heavy (non-hydrogen) atoms. The van der Waals surface area contributed by atoms with E-state index in [0.717, 1.165) is 37.5 Å². The summed E-state index contributed by atoms with van der Waals surface area (Å²) in [6, 6.07) is 7.30. The minimum atomic E-state index is 0.130. The molecule has 0 aromatic heterocycles. The number of methoxy groups -OCH3 is 1. The minimum Gasteiger partial charge on any atom is -0.497 e. The fourth-order valence-electron chi connectivity index (χ4n) is 2.53. The second-order valence-electron chi connectivity index (χ2n) is 4.99. The number of benzene rings is 1. The van der Waals surface area contributed by atoms with Crippen LogP contribution >= 0.6 is 0 Å². The maximum atomic E-state index is 12.1. The Balaban J connectivity index is 1.66. The van der Waals surface area contributed by atoms with Crippen LogP contribution in [0, 0.1) is 5.41 Å². The molecule has 1 aromatic carbocycles. The largest absolute Gasteiger partial charge is 0.497 e. The van der Waals surface area contributed by atoms with Crippen LogP contribution in [0.5, 0.6) is 5.75 Å². The molecule has 0 atom stereocenters. The summed E-state index contributed by atoms with van der Waals surface area (Å²) in [7, 11) is 1.62. The second-order valence-corrected chi connectivity index (χ2v) is 4.99. The summed E-state index contributed by atoms with van der Waals surface area (Å²) < 4.78 is 5.08. The number of ether oxygens (including phenoxy) is 1. The summed E-state index contributed by atoms with van der Waals surface area (Å²) in [4.78, 5) is 14.0. The van der Waals surface area contributed by atoms with Crippen molar-refractivity contribution in [3.63, 3.8) is 0 Å². The maximum absolute atomic E-state index is 12.1. The molecule has 4 heteroatoms. The molecule has 2 aliphatic heterocycles.